The lowest BCUT2D eigenvalue weighted by Crippen LogP contribution is -2.64. The highest BCUT2D eigenvalue weighted by molar-refractivity contribution is 8.00. The van der Waals surface area contributed by atoms with Crippen molar-refractivity contribution >= 4 is 92.1 Å². The summed E-state index contributed by atoms with van der Waals surface area (Å²) >= 11 is 1.86. The van der Waals surface area contributed by atoms with Gasteiger partial charge in [0.05, 0.1) is 11.4 Å². The summed E-state index contributed by atoms with van der Waals surface area (Å²) in [6.45, 7) is -0.197. The Labute approximate surface area is 459 Å². The highest BCUT2D eigenvalue weighted by Gasteiger charge is 2.47. The number of hydrogen-bond acceptors (Lipinski definition) is 4. The molecule has 3 nitrogen and oxygen atoms in total. The summed E-state index contributed by atoms with van der Waals surface area (Å²) in [4.78, 5) is 7.69. The van der Waals surface area contributed by atoms with Gasteiger partial charge in [-0.2, -0.15) is 0 Å². The number of ether oxygens (including phenoxy) is 1. The SMILES string of the molecule is c1ccc(-c2cc3c4c(c2)Sc2ccccc2B4c2cc4c(cc2O3)N(c2c(-c3ccccc3)cccc2-c2ccccc2)c2cc(-c3ccccc3)cc3c2B4c2ccccc2N3c2ccccc2-c2ccccc2)cc1. The smallest absolute Gasteiger partial charge is 0.253 e. The first kappa shape index (κ1) is 44.8. The Kier molecular flexibility index (Phi) is 10.4. The third-order valence-electron chi connectivity index (χ3n) is 16.4. The zero-order chi connectivity index (χ0) is 51.3. The van der Waals surface area contributed by atoms with Crippen LogP contribution in [0.2, 0.25) is 0 Å². The summed E-state index contributed by atoms with van der Waals surface area (Å²) in [7, 11) is 0. The number of benzene rings is 12. The Balaban J connectivity index is 1.04. The standard InChI is InChI=1S/C72H46B2N2OS/c1-6-23-47(24-7-1)52-41-64-70-65(42-52)76(72-55(50-29-12-4-13-30-50)34-22-35-56(72)51-31-14-5-15-32-51)63-46-66-60(74-58-37-18-21-40-68(58)78-69-44-53(43-67(77-66)71(69)74)48-25-8-2-9-26-48)45-59(63)73(70)57-36-17-20-39-62(57)75(64)61-38-19-16-33-54(61)49-27-10-3-11-28-49/h1-46H. The topological polar surface area (TPSA) is 15.7 Å². The summed E-state index contributed by atoms with van der Waals surface area (Å²) in [5.41, 5.74) is 25.8. The normalized spacial score (nSPS) is 13.1. The number of para-hydroxylation sites is 3. The summed E-state index contributed by atoms with van der Waals surface area (Å²) in [5.74, 6) is 1.78. The van der Waals surface area contributed by atoms with Gasteiger partial charge in [0.1, 0.15) is 11.5 Å². The Morgan fingerprint density at radius 2 is 0.756 bits per heavy atom. The molecule has 4 aliphatic rings. The molecule has 0 N–H and O–H groups in total. The van der Waals surface area contributed by atoms with Crippen LogP contribution in [0.1, 0.15) is 0 Å². The summed E-state index contributed by atoms with van der Waals surface area (Å²) in [6.07, 6.45) is 0. The van der Waals surface area contributed by atoms with Crippen LogP contribution >= 0.6 is 11.8 Å². The van der Waals surface area contributed by atoms with Crippen LogP contribution in [-0.2, 0) is 0 Å². The molecule has 0 amide bonds. The highest BCUT2D eigenvalue weighted by atomic mass is 32.2. The predicted molar refractivity (Wildman–Crippen MR) is 329 cm³/mol. The fourth-order valence-corrected chi connectivity index (χ4v) is 14.2. The zero-order valence-electron chi connectivity index (χ0n) is 42.4. The van der Waals surface area contributed by atoms with E-state index in [1.165, 1.54) is 59.3 Å². The molecule has 0 saturated heterocycles. The van der Waals surface area contributed by atoms with Gasteiger partial charge in [-0.15, -0.1) is 0 Å². The molecule has 0 saturated carbocycles. The molecule has 0 atom stereocenters. The van der Waals surface area contributed by atoms with E-state index >= 15 is 0 Å². The van der Waals surface area contributed by atoms with Crippen molar-refractivity contribution in [2.75, 3.05) is 9.80 Å². The van der Waals surface area contributed by atoms with Gasteiger partial charge in [-0.1, -0.05) is 248 Å². The van der Waals surface area contributed by atoms with E-state index in [1.807, 2.05) is 11.8 Å². The summed E-state index contributed by atoms with van der Waals surface area (Å²) in [5, 5.41) is 0. The largest absolute Gasteiger partial charge is 0.458 e. The lowest BCUT2D eigenvalue weighted by atomic mass is 9.31. The van der Waals surface area contributed by atoms with Crippen LogP contribution in [0.3, 0.4) is 0 Å². The second-order valence-corrected chi connectivity index (χ2v) is 21.7. The molecule has 78 heavy (non-hydrogen) atoms. The van der Waals surface area contributed by atoms with Crippen LogP contribution in [0.15, 0.2) is 289 Å². The summed E-state index contributed by atoms with van der Waals surface area (Å²) < 4.78 is 7.52. The van der Waals surface area contributed by atoms with Crippen LogP contribution in [0.5, 0.6) is 11.5 Å². The molecule has 12 aromatic rings. The molecule has 0 bridgehead atoms. The minimum absolute atomic E-state index is 0.0503. The Morgan fingerprint density at radius 3 is 1.40 bits per heavy atom. The third-order valence-corrected chi connectivity index (χ3v) is 17.5. The van der Waals surface area contributed by atoms with Gasteiger partial charge in [0.15, 0.2) is 0 Å². The molecule has 362 valence electrons. The second kappa shape index (κ2) is 18.1. The Morgan fingerprint density at radius 1 is 0.269 bits per heavy atom. The van der Waals surface area contributed by atoms with Gasteiger partial charge in [0, 0.05) is 55.3 Å². The molecule has 0 unspecified atom stereocenters. The van der Waals surface area contributed by atoms with E-state index in [-0.39, 0.29) is 13.4 Å². The molecular formula is C72H46B2N2OS. The molecular weight excluding hydrogens is 962 g/mol. The molecule has 0 fully saturated rings. The van der Waals surface area contributed by atoms with Crippen molar-refractivity contribution in [1.29, 1.82) is 0 Å². The molecule has 12 aromatic carbocycles. The van der Waals surface area contributed by atoms with Crippen molar-refractivity contribution in [3.05, 3.63) is 279 Å². The second-order valence-electron chi connectivity index (χ2n) is 20.6. The molecule has 6 heteroatoms. The van der Waals surface area contributed by atoms with Crippen molar-refractivity contribution in [2.24, 2.45) is 0 Å². The van der Waals surface area contributed by atoms with Crippen LogP contribution in [0, 0.1) is 0 Å². The van der Waals surface area contributed by atoms with Gasteiger partial charge < -0.3 is 14.5 Å². The number of fused-ring (bicyclic) bond motifs is 8. The minimum Gasteiger partial charge on any atom is -0.458 e. The maximum absolute atomic E-state index is 7.52. The van der Waals surface area contributed by atoms with E-state index < -0.39 is 0 Å². The third kappa shape index (κ3) is 7.03. The molecule has 16 rings (SSSR count). The van der Waals surface area contributed by atoms with E-state index in [2.05, 4.69) is 289 Å². The van der Waals surface area contributed by atoms with E-state index in [4.69, 9.17) is 4.74 Å². The predicted octanol–water partition coefficient (Wildman–Crippen LogP) is 15.2. The van der Waals surface area contributed by atoms with Crippen LogP contribution in [0.25, 0.3) is 55.6 Å². The first-order valence-electron chi connectivity index (χ1n) is 26.9. The van der Waals surface area contributed by atoms with Gasteiger partial charge in [-0.3, -0.25) is 0 Å². The Hall–Kier alpha value is -9.48. The maximum atomic E-state index is 7.52. The Bertz CT molecular complexity index is 4290. The van der Waals surface area contributed by atoms with Gasteiger partial charge in [0.2, 0.25) is 0 Å². The first-order valence-corrected chi connectivity index (χ1v) is 27.7. The average Bonchev–Trinajstić information content (AvgIpc) is 3.66. The van der Waals surface area contributed by atoms with Gasteiger partial charge in [-0.25, -0.2) is 0 Å². The quantitative estimate of drug-likeness (QED) is 0.148. The van der Waals surface area contributed by atoms with E-state index in [0.29, 0.717) is 0 Å². The van der Waals surface area contributed by atoms with E-state index in [1.54, 1.807) is 0 Å². The number of rotatable bonds is 7. The fourth-order valence-electron chi connectivity index (χ4n) is 13.0. The monoisotopic (exact) mass is 1010 g/mol. The number of nitrogens with zero attached hydrogens (tertiary/aromatic N) is 2. The lowest BCUT2D eigenvalue weighted by molar-refractivity contribution is 0.487. The van der Waals surface area contributed by atoms with E-state index in [0.717, 1.165) is 84.6 Å². The number of anilines is 6. The molecule has 0 spiro atoms. The summed E-state index contributed by atoms with van der Waals surface area (Å²) in [6, 6.07) is 103. The van der Waals surface area contributed by atoms with Gasteiger partial charge in [-0.05, 0) is 109 Å². The highest BCUT2D eigenvalue weighted by Crippen LogP contribution is 2.53. The lowest BCUT2D eigenvalue weighted by Gasteiger charge is -2.46. The van der Waals surface area contributed by atoms with Gasteiger partial charge in [0.25, 0.3) is 13.4 Å². The molecule has 0 aliphatic carbocycles. The van der Waals surface area contributed by atoms with E-state index in [9.17, 15) is 0 Å². The van der Waals surface area contributed by atoms with Crippen molar-refractivity contribution in [3.8, 4) is 67.1 Å². The van der Waals surface area contributed by atoms with Crippen LogP contribution < -0.4 is 47.3 Å². The van der Waals surface area contributed by atoms with Crippen molar-refractivity contribution in [1.82, 2.24) is 0 Å². The average molecular weight is 1010 g/mol. The molecule has 0 radical (unpaired) electrons. The van der Waals surface area contributed by atoms with Gasteiger partial charge >= 0.3 is 0 Å². The fraction of sp³-hybridized carbons (Fsp3) is 0. The number of hydrogen-bond donors (Lipinski definition) is 0. The molecule has 0 aromatic heterocycles. The minimum atomic E-state index is -0.147. The van der Waals surface area contributed by atoms with Crippen LogP contribution in [-0.4, -0.2) is 13.4 Å². The molecule has 4 aliphatic heterocycles. The van der Waals surface area contributed by atoms with Crippen LogP contribution in [0.4, 0.5) is 34.1 Å². The van der Waals surface area contributed by atoms with Crippen molar-refractivity contribution in [2.45, 2.75) is 9.79 Å². The first-order chi connectivity index (χ1) is 38.7. The van der Waals surface area contributed by atoms with Crippen molar-refractivity contribution < 1.29 is 4.74 Å². The zero-order valence-corrected chi connectivity index (χ0v) is 43.2. The maximum Gasteiger partial charge on any atom is 0.253 e. The van der Waals surface area contributed by atoms with Crippen molar-refractivity contribution in [3.63, 3.8) is 0 Å². The molecule has 4 heterocycles.